The van der Waals surface area contributed by atoms with Crippen molar-refractivity contribution in [1.29, 1.82) is 0 Å². The number of carbonyl (C=O) groups is 1. The van der Waals surface area contributed by atoms with Crippen molar-refractivity contribution in [3.63, 3.8) is 0 Å². The maximum Gasteiger partial charge on any atom is 0.331 e. The van der Waals surface area contributed by atoms with Crippen LogP contribution in [0.2, 0.25) is 0 Å². The molecule has 1 aromatic rings. The van der Waals surface area contributed by atoms with Crippen molar-refractivity contribution >= 4 is 12.0 Å². The van der Waals surface area contributed by atoms with Gasteiger partial charge < -0.3 is 30.3 Å². The molecular weight excluding hydrogens is 304 g/mol. The van der Waals surface area contributed by atoms with E-state index in [1.807, 2.05) is 0 Å². The molecule has 1 saturated carbocycles. The average molecular weight is 324 g/mol. The molecule has 1 fully saturated rings. The van der Waals surface area contributed by atoms with Crippen molar-refractivity contribution in [3.05, 3.63) is 29.8 Å². The monoisotopic (exact) mass is 324 g/mol. The van der Waals surface area contributed by atoms with E-state index in [4.69, 9.17) is 4.74 Å². The number of hydrogen-bond donors (Lipinski definition) is 5. The van der Waals surface area contributed by atoms with Crippen molar-refractivity contribution in [2.24, 2.45) is 0 Å². The Morgan fingerprint density at radius 3 is 2.39 bits per heavy atom. The van der Waals surface area contributed by atoms with Crippen LogP contribution in [0.5, 0.6) is 11.5 Å². The highest BCUT2D eigenvalue weighted by atomic mass is 16.6. The summed E-state index contributed by atoms with van der Waals surface area (Å²) in [6.07, 6.45) is -1.000. The lowest BCUT2D eigenvalue weighted by atomic mass is 9.81. The minimum Gasteiger partial charge on any atom is -0.504 e. The van der Waals surface area contributed by atoms with Gasteiger partial charge in [0, 0.05) is 18.9 Å². The summed E-state index contributed by atoms with van der Waals surface area (Å²) in [5.41, 5.74) is -0.744. The van der Waals surface area contributed by atoms with Crippen LogP contribution in [-0.2, 0) is 9.53 Å². The van der Waals surface area contributed by atoms with Crippen LogP contribution in [-0.4, -0.2) is 55.4 Å². The van der Waals surface area contributed by atoms with E-state index in [9.17, 15) is 30.3 Å². The molecule has 5 N–H and O–H groups in total. The van der Waals surface area contributed by atoms with Gasteiger partial charge in [0.1, 0.15) is 0 Å². The maximum absolute atomic E-state index is 11.8. The first-order valence-electron chi connectivity index (χ1n) is 7.17. The predicted molar refractivity (Wildman–Crippen MR) is 80.6 cm³/mol. The highest BCUT2D eigenvalue weighted by Gasteiger charge is 2.43. The molecule has 1 aromatic carbocycles. The van der Waals surface area contributed by atoms with Crippen molar-refractivity contribution < 1.29 is 35.1 Å². The van der Waals surface area contributed by atoms with Gasteiger partial charge in [-0.25, -0.2) is 4.79 Å². The standard InChI is InChI=1S/C16H20O7/c1-16(22)7-12(19)15(13(20)8-16)23-14(21)5-3-9-2-4-10(17)11(18)6-9/h2-6,12-13,15,17-20,22H,7-8H2,1H3/b5-3+/t12-,13-,15?,16?/m1/s1. The third-order valence-corrected chi connectivity index (χ3v) is 3.72. The van der Waals surface area contributed by atoms with E-state index in [0.29, 0.717) is 5.56 Å². The molecule has 126 valence electrons. The molecule has 2 atom stereocenters. The largest absolute Gasteiger partial charge is 0.504 e. The van der Waals surface area contributed by atoms with E-state index >= 15 is 0 Å². The van der Waals surface area contributed by atoms with Crippen molar-refractivity contribution in [2.45, 2.75) is 43.7 Å². The second-order valence-electron chi connectivity index (χ2n) is 6.02. The summed E-state index contributed by atoms with van der Waals surface area (Å²) in [5.74, 6) is -1.37. The lowest BCUT2D eigenvalue weighted by Crippen LogP contribution is -2.52. The lowest BCUT2D eigenvalue weighted by molar-refractivity contribution is -0.181. The molecule has 0 radical (unpaired) electrons. The summed E-state index contributed by atoms with van der Waals surface area (Å²) in [6, 6.07) is 4.03. The predicted octanol–water partition coefficient (Wildman–Crippen LogP) is 0.289. The van der Waals surface area contributed by atoms with E-state index in [1.54, 1.807) is 0 Å². The van der Waals surface area contributed by atoms with Crippen LogP contribution >= 0.6 is 0 Å². The van der Waals surface area contributed by atoms with Gasteiger partial charge in [0.05, 0.1) is 17.8 Å². The minimum absolute atomic E-state index is 0.00243. The molecule has 7 nitrogen and oxygen atoms in total. The summed E-state index contributed by atoms with van der Waals surface area (Å²) in [4.78, 5) is 11.8. The quantitative estimate of drug-likeness (QED) is 0.307. The van der Waals surface area contributed by atoms with Crippen LogP contribution in [0.25, 0.3) is 6.08 Å². The molecule has 0 heterocycles. The van der Waals surface area contributed by atoms with Crippen molar-refractivity contribution in [2.75, 3.05) is 0 Å². The summed E-state index contributed by atoms with van der Waals surface area (Å²) in [6.45, 7) is 1.49. The van der Waals surface area contributed by atoms with Gasteiger partial charge in [-0.1, -0.05) is 6.07 Å². The van der Waals surface area contributed by atoms with E-state index in [1.165, 1.54) is 31.2 Å². The average Bonchev–Trinajstić information content (AvgIpc) is 2.43. The molecule has 7 heteroatoms. The molecule has 23 heavy (non-hydrogen) atoms. The van der Waals surface area contributed by atoms with E-state index in [2.05, 4.69) is 0 Å². The number of hydrogen-bond acceptors (Lipinski definition) is 7. The van der Waals surface area contributed by atoms with Crippen molar-refractivity contribution in [3.8, 4) is 11.5 Å². The molecule has 0 spiro atoms. The molecular formula is C16H20O7. The number of esters is 1. The first-order chi connectivity index (χ1) is 10.7. The van der Waals surface area contributed by atoms with Gasteiger partial charge in [-0.3, -0.25) is 0 Å². The zero-order valence-electron chi connectivity index (χ0n) is 12.6. The molecule has 0 aromatic heterocycles. The number of benzene rings is 1. The van der Waals surface area contributed by atoms with Crippen LogP contribution < -0.4 is 0 Å². The van der Waals surface area contributed by atoms with Crippen LogP contribution in [0.15, 0.2) is 24.3 Å². The Bertz CT molecular complexity index is 594. The Hall–Kier alpha value is -2.09. The van der Waals surface area contributed by atoms with Crippen LogP contribution in [0, 0.1) is 0 Å². The Morgan fingerprint density at radius 2 is 1.83 bits per heavy atom. The SMILES string of the molecule is CC1(O)C[C@@H](O)C(OC(=O)/C=C/c2ccc(O)c(O)c2)[C@H](O)C1. The summed E-state index contributed by atoms with van der Waals surface area (Å²) in [5, 5.41) is 48.2. The molecule has 0 bridgehead atoms. The highest BCUT2D eigenvalue weighted by Crippen LogP contribution is 2.30. The smallest absolute Gasteiger partial charge is 0.331 e. The molecule has 0 saturated heterocycles. The van der Waals surface area contributed by atoms with E-state index < -0.39 is 29.9 Å². The van der Waals surface area contributed by atoms with Gasteiger partial charge in [0.15, 0.2) is 17.6 Å². The van der Waals surface area contributed by atoms with Gasteiger partial charge in [0.25, 0.3) is 0 Å². The zero-order valence-corrected chi connectivity index (χ0v) is 12.6. The lowest BCUT2D eigenvalue weighted by Gasteiger charge is -2.39. The molecule has 0 unspecified atom stereocenters. The summed E-state index contributed by atoms with van der Waals surface area (Å²) >= 11 is 0. The van der Waals surface area contributed by atoms with Crippen molar-refractivity contribution in [1.82, 2.24) is 0 Å². The number of ether oxygens (including phenoxy) is 1. The van der Waals surface area contributed by atoms with E-state index in [-0.39, 0.29) is 24.3 Å². The van der Waals surface area contributed by atoms with E-state index in [0.717, 1.165) is 6.08 Å². The molecule has 1 aliphatic rings. The number of rotatable bonds is 3. The highest BCUT2D eigenvalue weighted by molar-refractivity contribution is 5.87. The maximum atomic E-state index is 11.8. The number of aromatic hydroxyl groups is 2. The summed E-state index contributed by atoms with van der Waals surface area (Å²) in [7, 11) is 0. The Kier molecular flexibility index (Phi) is 4.93. The third-order valence-electron chi connectivity index (χ3n) is 3.72. The van der Waals surface area contributed by atoms with Gasteiger partial charge in [-0.05, 0) is 30.7 Å². The Morgan fingerprint density at radius 1 is 1.22 bits per heavy atom. The number of carbonyl (C=O) groups excluding carboxylic acids is 1. The number of aliphatic hydroxyl groups excluding tert-OH is 2. The third kappa shape index (κ3) is 4.44. The molecule has 0 aliphatic heterocycles. The second kappa shape index (κ2) is 6.57. The molecule has 2 rings (SSSR count). The van der Waals surface area contributed by atoms with Crippen LogP contribution in [0.1, 0.15) is 25.3 Å². The Balaban J connectivity index is 1.99. The fraction of sp³-hybridized carbons (Fsp3) is 0.438. The second-order valence-corrected chi connectivity index (χ2v) is 6.02. The van der Waals surface area contributed by atoms with Gasteiger partial charge >= 0.3 is 5.97 Å². The van der Waals surface area contributed by atoms with Crippen LogP contribution in [0.4, 0.5) is 0 Å². The first kappa shape index (κ1) is 17.3. The Labute approximate surface area is 133 Å². The van der Waals surface area contributed by atoms with Gasteiger partial charge in [-0.15, -0.1) is 0 Å². The van der Waals surface area contributed by atoms with Crippen LogP contribution in [0.3, 0.4) is 0 Å². The summed E-state index contributed by atoms with van der Waals surface area (Å²) < 4.78 is 5.04. The molecule has 0 amide bonds. The topological polar surface area (TPSA) is 127 Å². The number of phenols is 2. The zero-order chi connectivity index (χ0) is 17.2. The van der Waals surface area contributed by atoms with Gasteiger partial charge in [0.2, 0.25) is 0 Å². The van der Waals surface area contributed by atoms with Gasteiger partial charge in [-0.2, -0.15) is 0 Å². The first-order valence-corrected chi connectivity index (χ1v) is 7.17. The fourth-order valence-electron chi connectivity index (χ4n) is 2.61. The normalized spacial score (nSPS) is 31.2. The number of phenolic OH excluding ortho intramolecular Hbond substituents is 2. The minimum atomic E-state index is -1.21. The molecule has 1 aliphatic carbocycles. The fourth-order valence-corrected chi connectivity index (χ4v) is 2.61. The number of aliphatic hydroxyl groups is 3.